The number of nitrogens with one attached hydrogen (secondary N) is 1. The fraction of sp³-hybridized carbons (Fsp3) is 0.286. The van der Waals surface area contributed by atoms with Gasteiger partial charge >= 0.3 is 6.18 Å². The number of fused-ring (bicyclic) bond motifs is 2. The van der Waals surface area contributed by atoms with Crippen molar-refractivity contribution in [3.8, 4) is 22.8 Å². The first-order valence-corrected chi connectivity index (χ1v) is 13.4. The lowest BCUT2D eigenvalue weighted by Crippen LogP contribution is -2.51. The molecule has 0 fully saturated rings. The topological polar surface area (TPSA) is 163 Å². The van der Waals surface area contributed by atoms with Gasteiger partial charge in [-0.1, -0.05) is 41.2 Å². The molecular weight excluding hydrogens is 575 g/mol. The van der Waals surface area contributed by atoms with Crippen molar-refractivity contribution in [1.82, 2.24) is 15.3 Å². The van der Waals surface area contributed by atoms with Crippen LogP contribution in [-0.2, 0) is 15.8 Å². The third-order valence-electron chi connectivity index (χ3n) is 7.30. The highest BCUT2D eigenvalue weighted by Gasteiger charge is 2.57. The molecule has 6 N–H and O–H groups in total. The van der Waals surface area contributed by atoms with Gasteiger partial charge in [0.2, 0.25) is 11.5 Å². The molecule has 220 valence electrons. The lowest BCUT2D eigenvalue weighted by atomic mass is 9.81. The first kappa shape index (κ1) is 29.1. The Morgan fingerprint density at radius 2 is 1.88 bits per heavy atom. The fourth-order valence-corrected chi connectivity index (χ4v) is 5.45. The normalized spacial score (nSPS) is 17.8. The van der Waals surface area contributed by atoms with Crippen molar-refractivity contribution in [2.24, 2.45) is 5.73 Å². The molecule has 4 aromatic rings. The number of aryl methyl sites for hydroxylation is 1. The van der Waals surface area contributed by atoms with Gasteiger partial charge in [0.25, 0.3) is 5.91 Å². The summed E-state index contributed by atoms with van der Waals surface area (Å²) in [6.45, 7) is 1.75. The van der Waals surface area contributed by atoms with Crippen LogP contribution in [0.25, 0.3) is 21.5 Å². The van der Waals surface area contributed by atoms with Crippen molar-refractivity contribution in [1.29, 1.82) is 0 Å². The lowest BCUT2D eigenvalue weighted by Gasteiger charge is -2.31. The Bertz CT molecular complexity index is 1730. The number of halogens is 3. The van der Waals surface area contributed by atoms with Gasteiger partial charge < -0.3 is 31.4 Å². The molecule has 42 heavy (non-hydrogen) atoms. The first-order valence-electron chi connectivity index (χ1n) is 12.5. The number of thiazole rings is 1. The van der Waals surface area contributed by atoms with Gasteiger partial charge in [0, 0.05) is 16.7 Å². The highest BCUT2D eigenvalue weighted by atomic mass is 32.1. The third-order valence-corrected chi connectivity index (χ3v) is 8.13. The minimum absolute atomic E-state index is 0.0144. The number of nitrogens with zero attached hydrogens (tertiary/aromatic N) is 2. The molecule has 0 aliphatic carbocycles. The molecule has 2 aromatic carbocycles. The zero-order valence-electron chi connectivity index (χ0n) is 22.6. The van der Waals surface area contributed by atoms with Crippen molar-refractivity contribution in [2.75, 3.05) is 26.0 Å². The van der Waals surface area contributed by atoms with Crippen molar-refractivity contribution < 1.29 is 37.3 Å². The number of rotatable bonds is 7. The number of hydrogen-bond acceptors (Lipinski definition) is 9. The standard InChI is InChI=1S/C28H26F3N5O5S/c1-13-4-6-14(7-5-13)20-22-16(26(2,12-41-22)24(32)38)10-19(35-20)27(39,28(29,30)31)11-34-23(37)15-8-17(40-3)21-18(9-15)42-25(33)36-21/h4-10,39H,11-12H2,1-3H3,(H2,32,38)(H2,33,36)(H,34,37)/t26-,27-/m0/s1. The molecule has 0 spiro atoms. The Hall–Kier alpha value is -4.43. The maximum absolute atomic E-state index is 14.7. The number of aliphatic hydroxyl groups is 1. The quantitative estimate of drug-likeness (QED) is 0.250. The number of nitrogens with two attached hydrogens (primary N) is 2. The Morgan fingerprint density at radius 1 is 1.19 bits per heavy atom. The summed E-state index contributed by atoms with van der Waals surface area (Å²) in [5.74, 6) is -1.47. The van der Waals surface area contributed by atoms with E-state index in [1.54, 1.807) is 24.3 Å². The Labute approximate surface area is 241 Å². The molecule has 1 aliphatic heterocycles. The number of nitrogen functional groups attached to an aromatic ring is 1. The maximum atomic E-state index is 14.7. The van der Waals surface area contributed by atoms with Gasteiger partial charge in [-0.25, -0.2) is 9.97 Å². The monoisotopic (exact) mass is 601 g/mol. The van der Waals surface area contributed by atoms with E-state index < -0.39 is 41.2 Å². The Balaban J connectivity index is 1.59. The van der Waals surface area contributed by atoms with Crippen LogP contribution in [0.1, 0.15) is 34.1 Å². The molecule has 14 heteroatoms. The van der Waals surface area contributed by atoms with Crippen molar-refractivity contribution >= 4 is 38.5 Å². The molecule has 0 unspecified atom stereocenters. The van der Waals surface area contributed by atoms with Crippen LogP contribution in [-0.4, -0.2) is 53.3 Å². The number of amides is 2. The minimum atomic E-state index is -5.30. The highest BCUT2D eigenvalue weighted by Crippen LogP contribution is 2.47. The number of anilines is 1. The van der Waals surface area contributed by atoms with Crippen molar-refractivity contribution in [3.63, 3.8) is 0 Å². The molecule has 3 heterocycles. The second-order valence-corrected chi connectivity index (χ2v) is 11.3. The molecule has 0 saturated heterocycles. The van der Waals surface area contributed by atoms with Gasteiger partial charge in [-0.3, -0.25) is 9.59 Å². The number of methoxy groups -OCH3 is 1. The molecule has 5 rings (SSSR count). The number of carbonyl (C=O) groups is 2. The molecule has 10 nitrogen and oxygen atoms in total. The predicted octanol–water partition coefficient (Wildman–Crippen LogP) is 3.57. The summed E-state index contributed by atoms with van der Waals surface area (Å²) in [6, 6.07) is 10.4. The van der Waals surface area contributed by atoms with E-state index in [1.165, 1.54) is 26.2 Å². The SMILES string of the molecule is COc1cc(C(=O)NC[C@](O)(c2cc3c(c(-c4ccc(C)cc4)n2)OC[C@]3(C)C(N)=O)C(F)(F)F)cc2sc(N)nc12. The van der Waals surface area contributed by atoms with Crippen molar-refractivity contribution in [2.45, 2.75) is 31.0 Å². The number of ether oxygens (including phenoxy) is 2. The van der Waals surface area contributed by atoms with E-state index in [4.69, 9.17) is 20.9 Å². The van der Waals surface area contributed by atoms with Crippen molar-refractivity contribution in [3.05, 3.63) is 64.8 Å². The zero-order chi connectivity index (χ0) is 30.6. The number of hydrogen-bond donors (Lipinski definition) is 4. The molecule has 0 radical (unpaired) electrons. The van der Waals surface area contributed by atoms with Crippen LogP contribution in [0.15, 0.2) is 42.5 Å². The van der Waals surface area contributed by atoms with Crippen LogP contribution >= 0.6 is 11.3 Å². The summed E-state index contributed by atoms with van der Waals surface area (Å²) >= 11 is 1.07. The molecule has 2 amide bonds. The summed E-state index contributed by atoms with van der Waals surface area (Å²) in [6.07, 6.45) is -5.30. The van der Waals surface area contributed by atoms with Gasteiger partial charge in [0.1, 0.15) is 34.7 Å². The molecule has 0 saturated carbocycles. The first-order chi connectivity index (χ1) is 19.7. The van der Waals surface area contributed by atoms with E-state index in [0.717, 1.165) is 23.0 Å². The summed E-state index contributed by atoms with van der Waals surface area (Å²) in [7, 11) is 1.35. The number of aromatic nitrogens is 2. The van der Waals surface area contributed by atoms with E-state index in [1.807, 2.05) is 6.92 Å². The number of pyridine rings is 1. The average molecular weight is 602 g/mol. The Kier molecular flexibility index (Phi) is 7.02. The second kappa shape index (κ2) is 10.1. The van der Waals surface area contributed by atoms with Crippen LogP contribution in [0.2, 0.25) is 0 Å². The molecule has 2 aromatic heterocycles. The maximum Gasteiger partial charge on any atom is 0.424 e. The van der Waals surface area contributed by atoms with Crippen LogP contribution in [0, 0.1) is 6.92 Å². The predicted molar refractivity (Wildman–Crippen MR) is 149 cm³/mol. The van der Waals surface area contributed by atoms with Gasteiger partial charge in [-0.05, 0) is 32.0 Å². The number of alkyl halides is 3. The fourth-order valence-electron chi connectivity index (χ4n) is 4.66. The summed E-state index contributed by atoms with van der Waals surface area (Å²) in [5, 5.41) is 13.6. The van der Waals surface area contributed by atoms with E-state index >= 15 is 0 Å². The van der Waals surface area contributed by atoms with Crippen LogP contribution < -0.4 is 26.3 Å². The number of carbonyl (C=O) groups excluding carboxylic acids is 2. The van der Waals surface area contributed by atoms with Gasteiger partial charge in [-0.15, -0.1) is 0 Å². The molecule has 1 aliphatic rings. The van der Waals surface area contributed by atoms with Crippen LogP contribution in [0.3, 0.4) is 0 Å². The largest absolute Gasteiger partial charge is 0.494 e. The summed E-state index contributed by atoms with van der Waals surface area (Å²) < 4.78 is 55.5. The van der Waals surface area contributed by atoms with E-state index in [2.05, 4.69) is 15.3 Å². The number of benzene rings is 2. The van der Waals surface area contributed by atoms with E-state index in [9.17, 15) is 27.9 Å². The van der Waals surface area contributed by atoms with Gasteiger partial charge in [-0.2, -0.15) is 13.2 Å². The number of primary amides is 1. The molecule has 2 atom stereocenters. The molecular formula is C28H26F3N5O5S. The third kappa shape index (κ3) is 4.75. The average Bonchev–Trinajstić information content (AvgIpc) is 3.50. The zero-order valence-corrected chi connectivity index (χ0v) is 23.4. The van der Waals surface area contributed by atoms with E-state index in [0.29, 0.717) is 15.8 Å². The minimum Gasteiger partial charge on any atom is -0.494 e. The van der Waals surface area contributed by atoms with Crippen LogP contribution in [0.4, 0.5) is 18.3 Å². The lowest BCUT2D eigenvalue weighted by molar-refractivity contribution is -0.265. The molecule has 0 bridgehead atoms. The summed E-state index contributed by atoms with van der Waals surface area (Å²) in [5.41, 5.74) is 7.05. The summed E-state index contributed by atoms with van der Waals surface area (Å²) in [4.78, 5) is 33.8. The Morgan fingerprint density at radius 3 is 2.50 bits per heavy atom. The second-order valence-electron chi connectivity index (χ2n) is 10.2. The van der Waals surface area contributed by atoms with E-state index in [-0.39, 0.29) is 40.1 Å². The van der Waals surface area contributed by atoms with Gasteiger partial charge in [0.05, 0.1) is 24.0 Å². The highest BCUT2D eigenvalue weighted by molar-refractivity contribution is 7.22. The van der Waals surface area contributed by atoms with Crippen LogP contribution in [0.5, 0.6) is 11.5 Å². The van der Waals surface area contributed by atoms with Gasteiger partial charge in [0.15, 0.2) is 5.13 Å². The smallest absolute Gasteiger partial charge is 0.424 e.